The number of aliphatic hydroxyl groups is 1. The molecule has 0 aliphatic carbocycles. The van der Waals surface area contributed by atoms with Gasteiger partial charge in [-0.15, -0.1) is 0 Å². The van der Waals surface area contributed by atoms with Crippen molar-refractivity contribution in [1.82, 2.24) is 4.90 Å². The summed E-state index contributed by atoms with van der Waals surface area (Å²) >= 11 is 0. The molecule has 7 heteroatoms. The average Bonchev–Trinajstić information content (AvgIpc) is 2.47. The van der Waals surface area contributed by atoms with E-state index >= 15 is 0 Å². The molecule has 1 atom stereocenters. The van der Waals surface area contributed by atoms with Crippen molar-refractivity contribution < 1.29 is 19.5 Å². The first-order valence-corrected chi connectivity index (χ1v) is 6.42. The molecule has 1 N–H and O–H groups in total. The Hall–Kier alpha value is -1.70. The Bertz CT molecular complexity index is 474. The molecule has 0 radical (unpaired) electrons. The lowest BCUT2D eigenvalue weighted by Gasteiger charge is -2.28. The fourth-order valence-electron chi connectivity index (χ4n) is 2.19. The van der Waals surface area contributed by atoms with Gasteiger partial charge in [-0.05, 0) is 11.6 Å². The number of hydrogen-bond donors (Lipinski definition) is 1. The fourth-order valence-corrected chi connectivity index (χ4v) is 2.19. The third-order valence-corrected chi connectivity index (χ3v) is 3.32. The Morgan fingerprint density at radius 1 is 1.50 bits per heavy atom. The summed E-state index contributed by atoms with van der Waals surface area (Å²) < 4.78 is 10.2. The number of β-amino-alcohol motifs (C(OH)–C–C–N with tert-alkyl or cyclic N) is 1. The van der Waals surface area contributed by atoms with Crippen molar-refractivity contribution in [2.75, 3.05) is 40.0 Å². The molecule has 110 valence electrons. The lowest BCUT2D eigenvalue weighted by molar-refractivity contribution is -0.385. The Kier molecular flexibility index (Phi) is 4.89. The Balaban J connectivity index is 2.10. The molecule has 1 aliphatic rings. The topological polar surface area (TPSA) is 85.1 Å². The zero-order chi connectivity index (χ0) is 14.5. The summed E-state index contributed by atoms with van der Waals surface area (Å²) in [5.74, 6) is 0.192. The lowest BCUT2D eigenvalue weighted by atomic mass is 10.1. The Morgan fingerprint density at radius 3 is 2.80 bits per heavy atom. The Labute approximate surface area is 116 Å². The lowest BCUT2D eigenvalue weighted by Crippen LogP contribution is -2.38. The van der Waals surface area contributed by atoms with E-state index in [4.69, 9.17) is 9.47 Å². The number of rotatable bonds is 5. The van der Waals surface area contributed by atoms with Gasteiger partial charge in [0.25, 0.3) is 0 Å². The zero-order valence-electron chi connectivity index (χ0n) is 11.3. The van der Waals surface area contributed by atoms with Crippen molar-refractivity contribution in [2.45, 2.75) is 6.10 Å². The van der Waals surface area contributed by atoms with Gasteiger partial charge in [0, 0.05) is 25.7 Å². The van der Waals surface area contributed by atoms with Gasteiger partial charge < -0.3 is 14.6 Å². The SMILES string of the molecule is COc1ccc(C(O)CN2CCOCC2)cc1[N+](=O)[O-]. The maximum atomic E-state index is 11.0. The van der Waals surface area contributed by atoms with Crippen molar-refractivity contribution in [2.24, 2.45) is 0 Å². The van der Waals surface area contributed by atoms with E-state index in [9.17, 15) is 15.2 Å². The molecule has 1 unspecified atom stereocenters. The zero-order valence-corrected chi connectivity index (χ0v) is 11.3. The second kappa shape index (κ2) is 6.65. The number of nitrogens with zero attached hydrogens (tertiary/aromatic N) is 2. The molecular weight excluding hydrogens is 264 g/mol. The number of aliphatic hydroxyl groups excluding tert-OH is 1. The predicted molar refractivity (Wildman–Crippen MR) is 71.9 cm³/mol. The largest absolute Gasteiger partial charge is 0.490 e. The summed E-state index contributed by atoms with van der Waals surface area (Å²) in [6.45, 7) is 3.25. The van der Waals surface area contributed by atoms with E-state index in [1.165, 1.54) is 19.2 Å². The Morgan fingerprint density at radius 2 is 2.20 bits per heavy atom. The number of methoxy groups -OCH3 is 1. The van der Waals surface area contributed by atoms with Crippen LogP contribution in [0.5, 0.6) is 5.75 Å². The van der Waals surface area contributed by atoms with Crippen molar-refractivity contribution in [3.63, 3.8) is 0 Å². The van der Waals surface area contributed by atoms with Crippen LogP contribution in [0.4, 0.5) is 5.69 Å². The van der Waals surface area contributed by atoms with E-state index < -0.39 is 11.0 Å². The van der Waals surface area contributed by atoms with Crippen LogP contribution in [0.3, 0.4) is 0 Å². The van der Waals surface area contributed by atoms with Gasteiger partial charge in [0.15, 0.2) is 5.75 Å². The second-order valence-corrected chi connectivity index (χ2v) is 4.62. The van der Waals surface area contributed by atoms with Gasteiger partial charge in [-0.3, -0.25) is 15.0 Å². The summed E-state index contributed by atoms with van der Waals surface area (Å²) in [4.78, 5) is 12.5. The summed E-state index contributed by atoms with van der Waals surface area (Å²) in [6.07, 6.45) is -0.766. The van der Waals surface area contributed by atoms with Crippen LogP contribution in [-0.4, -0.2) is 54.9 Å². The predicted octanol–water partition coefficient (Wildman–Crippen LogP) is 0.969. The molecule has 0 bridgehead atoms. The summed E-state index contributed by atoms with van der Waals surface area (Å²) in [5, 5.41) is 21.2. The van der Waals surface area contributed by atoms with Gasteiger partial charge in [-0.1, -0.05) is 6.07 Å². The number of benzene rings is 1. The van der Waals surface area contributed by atoms with Gasteiger partial charge in [-0.2, -0.15) is 0 Å². The minimum atomic E-state index is -0.766. The third kappa shape index (κ3) is 3.44. The highest BCUT2D eigenvalue weighted by Gasteiger charge is 2.21. The molecule has 2 rings (SSSR count). The van der Waals surface area contributed by atoms with Crippen LogP contribution in [0.25, 0.3) is 0 Å². The van der Waals surface area contributed by atoms with E-state index in [2.05, 4.69) is 4.90 Å². The highest BCUT2D eigenvalue weighted by Crippen LogP contribution is 2.30. The van der Waals surface area contributed by atoms with E-state index in [1.807, 2.05) is 0 Å². The van der Waals surface area contributed by atoms with E-state index in [-0.39, 0.29) is 11.4 Å². The number of ether oxygens (including phenoxy) is 2. The monoisotopic (exact) mass is 282 g/mol. The highest BCUT2D eigenvalue weighted by atomic mass is 16.6. The number of morpholine rings is 1. The maximum absolute atomic E-state index is 11.0. The first-order chi connectivity index (χ1) is 9.61. The van der Waals surface area contributed by atoms with Crippen LogP contribution in [0.2, 0.25) is 0 Å². The molecule has 0 aromatic heterocycles. The molecule has 1 fully saturated rings. The molecule has 1 heterocycles. The van der Waals surface area contributed by atoms with Crippen LogP contribution in [0.1, 0.15) is 11.7 Å². The standard InChI is InChI=1S/C13H18N2O5/c1-19-13-3-2-10(8-11(13)15(17)18)12(16)9-14-4-6-20-7-5-14/h2-3,8,12,16H,4-7,9H2,1H3. The molecule has 7 nitrogen and oxygen atoms in total. The minimum absolute atomic E-state index is 0.133. The second-order valence-electron chi connectivity index (χ2n) is 4.62. The van der Waals surface area contributed by atoms with E-state index in [0.717, 1.165) is 13.1 Å². The van der Waals surface area contributed by atoms with Crippen LogP contribution in [0.15, 0.2) is 18.2 Å². The molecule has 0 amide bonds. The van der Waals surface area contributed by atoms with Crippen LogP contribution in [0, 0.1) is 10.1 Å². The molecular formula is C13H18N2O5. The number of hydrogen-bond acceptors (Lipinski definition) is 6. The summed E-state index contributed by atoms with van der Waals surface area (Å²) in [7, 11) is 1.38. The molecule has 20 heavy (non-hydrogen) atoms. The molecule has 1 saturated heterocycles. The van der Waals surface area contributed by atoms with Crippen LogP contribution < -0.4 is 4.74 Å². The maximum Gasteiger partial charge on any atom is 0.311 e. The molecule has 0 spiro atoms. The molecule has 1 aliphatic heterocycles. The number of nitro benzene ring substituents is 1. The fraction of sp³-hybridized carbons (Fsp3) is 0.538. The third-order valence-electron chi connectivity index (χ3n) is 3.32. The normalized spacial score (nSPS) is 17.7. The quantitative estimate of drug-likeness (QED) is 0.640. The summed E-state index contributed by atoms with van der Waals surface area (Å²) in [6, 6.07) is 4.52. The average molecular weight is 282 g/mol. The molecule has 1 aromatic rings. The van der Waals surface area contributed by atoms with Crippen molar-refractivity contribution in [3.8, 4) is 5.75 Å². The van der Waals surface area contributed by atoms with E-state index in [0.29, 0.717) is 25.3 Å². The molecule has 1 aromatic carbocycles. The van der Waals surface area contributed by atoms with Gasteiger partial charge >= 0.3 is 5.69 Å². The number of nitro groups is 1. The van der Waals surface area contributed by atoms with Gasteiger partial charge in [0.2, 0.25) is 0 Å². The van der Waals surface area contributed by atoms with Crippen molar-refractivity contribution >= 4 is 5.69 Å². The van der Waals surface area contributed by atoms with E-state index in [1.54, 1.807) is 6.07 Å². The first-order valence-electron chi connectivity index (χ1n) is 6.42. The highest BCUT2D eigenvalue weighted by molar-refractivity contribution is 5.49. The van der Waals surface area contributed by atoms with Crippen LogP contribution >= 0.6 is 0 Å². The van der Waals surface area contributed by atoms with Gasteiger partial charge in [0.05, 0.1) is 31.4 Å². The first kappa shape index (κ1) is 14.7. The molecule has 0 saturated carbocycles. The smallest absolute Gasteiger partial charge is 0.311 e. The minimum Gasteiger partial charge on any atom is -0.490 e. The summed E-state index contributed by atoms with van der Waals surface area (Å²) in [5.41, 5.74) is 0.384. The van der Waals surface area contributed by atoms with Gasteiger partial charge in [-0.25, -0.2) is 0 Å². The van der Waals surface area contributed by atoms with Crippen LogP contribution in [-0.2, 0) is 4.74 Å². The van der Waals surface area contributed by atoms with Gasteiger partial charge in [0.1, 0.15) is 0 Å². The van der Waals surface area contributed by atoms with Crippen molar-refractivity contribution in [1.29, 1.82) is 0 Å². The van der Waals surface area contributed by atoms with Crippen molar-refractivity contribution in [3.05, 3.63) is 33.9 Å².